The Bertz CT molecular complexity index is 249. The Kier molecular flexibility index (Phi) is 2.10. The number of hydrogen-bond donors (Lipinski definition) is 0. The van der Waals surface area contributed by atoms with Crippen LogP contribution in [-0.2, 0) is 9.59 Å². The summed E-state index contributed by atoms with van der Waals surface area (Å²) in [5.41, 5.74) is 0. The van der Waals surface area contributed by atoms with Crippen molar-refractivity contribution in [3.05, 3.63) is 0 Å². The van der Waals surface area contributed by atoms with E-state index in [-0.39, 0.29) is 5.91 Å². The highest BCUT2D eigenvalue weighted by atomic mass is 16.2. The number of likely N-dealkylation sites (tertiary alicyclic amines) is 1. The minimum Gasteiger partial charge on any atom is -0.345 e. The SMILES string of the molecule is CN1C[C@@H]2CCC(=O)C[C@@H]2CC1=O. The molecule has 2 atom stereocenters. The molecule has 0 N–H and O–H groups in total. The predicted octanol–water partition coefficient (Wildman–Crippen LogP) is 0.834. The molecule has 1 aliphatic heterocycles. The summed E-state index contributed by atoms with van der Waals surface area (Å²) in [7, 11) is 1.86. The maximum atomic E-state index is 11.4. The van der Waals surface area contributed by atoms with Gasteiger partial charge in [-0.05, 0) is 18.3 Å². The number of carbonyl (C=O) groups excluding carboxylic acids is 2. The Morgan fingerprint density at radius 1 is 1.23 bits per heavy atom. The van der Waals surface area contributed by atoms with E-state index in [0.717, 1.165) is 19.4 Å². The summed E-state index contributed by atoms with van der Waals surface area (Å²) < 4.78 is 0. The third-order valence-electron chi connectivity index (χ3n) is 3.32. The second kappa shape index (κ2) is 3.13. The maximum absolute atomic E-state index is 11.4. The lowest BCUT2D eigenvalue weighted by Gasteiger charge is -2.38. The molecule has 0 unspecified atom stereocenters. The van der Waals surface area contributed by atoms with E-state index in [2.05, 4.69) is 0 Å². The molecule has 0 radical (unpaired) electrons. The number of piperidine rings is 1. The van der Waals surface area contributed by atoms with Crippen molar-refractivity contribution < 1.29 is 9.59 Å². The summed E-state index contributed by atoms with van der Waals surface area (Å²) in [6.07, 6.45) is 2.95. The lowest BCUT2D eigenvalue weighted by Crippen LogP contribution is -2.44. The van der Waals surface area contributed by atoms with E-state index < -0.39 is 0 Å². The molecule has 1 aliphatic carbocycles. The van der Waals surface area contributed by atoms with Crippen LogP contribution in [0, 0.1) is 11.8 Å². The lowest BCUT2D eigenvalue weighted by molar-refractivity contribution is -0.138. The van der Waals surface area contributed by atoms with Gasteiger partial charge in [-0.1, -0.05) is 0 Å². The Morgan fingerprint density at radius 2 is 2.00 bits per heavy atom. The van der Waals surface area contributed by atoms with E-state index in [0.29, 0.717) is 30.5 Å². The molecule has 2 rings (SSSR count). The molecule has 0 aromatic heterocycles. The summed E-state index contributed by atoms with van der Waals surface area (Å²) in [5, 5.41) is 0. The summed E-state index contributed by atoms with van der Waals surface area (Å²) in [4.78, 5) is 24.4. The third kappa shape index (κ3) is 1.60. The standard InChI is InChI=1S/C10H15NO2/c1-11-6-7-2-3-9(12)4-8(7)5-10(11)13/h7-8H,2-6H2,1H3/t7-,8+/m0/s1. The van der Waals surface area contributed by atoms with Crippen LogP contribution in [-0.4, -0.2) is 30.2 Å². The molecule has 2 aliphatic rings. The van der Waals surface area contributed by atoms with Gasteiger partial charge in [-0.3, -0.25) is 9.59 Å². The number of ketones is 1. The lowest BCUT2D eigenvalue weighted by atomic mass is 9.74. The van der Waals surface area contributed by atoms with E-state index in [4.69, 9.17) is 0 Å². The van der Waals surface area contributed by atoms with E-state index in [9.17, 15) is 9.59 Å². The van der Waals surface area contributed by atoms with Crippen LogP contribution < -0.4 is 0 Å². The van der Waals surface area contributed by atoms with Gasteiger partial charge in [-0.25, -0.2) is 0 Å². The molecular weight excluding hydrogens is 166 g/mol. The predicted molar refractivity (Wildman–Crippen MR) is 48.1 cm³/mol. The van der Waals surface area contributed by atoms with E-state index in [1.165, 1.54) is 0 Å². The van der Waals surface area contributed by atoms with Gasteiger partial charge in [0, 0.05) is 32.9 Å². The van der Waals surface area contributed by atoms with Crippen LogP contribution in [0.2, 0.25) is 0 Å². The van der Waals surface area contributed by atoms with Crippen LogP contribution in [0.3, 0.4) is 0 Å². The number of rotatable bonds is 0. The van der Waals surface area contributed by atoms with Gasteiger partial charge in [-0.15, -0.1) is 0 Å². The van der Waals surface area contributed by atoms with Gasteiger partial charge in [0.05, 0.1) is 0 Å². The van der Waals surface area contributed by atoms with E-state index in [1.54, 1.807) is 4.90 Å². The number of fused-ring (bicyclic) bond motifs is 1. The summed E-state index contributed by atoms with van der Waals surface area (Å²) in [5.74, 6) is 1.49. The molecule has 2 fully saturated rings. The quantitative estimate of drug-likeness (QED) is 0.555. The Hall–Kier alpha value is -0.860. The van der Waals surface area contributed by atoms with Gasteiger partial charge >= 0.3 is 0 Å². The van der Waals surface area contributed by atoms with Gasteiger partial charge in [-0.2, -0.15) is 0 Å². The highest BCUT2D eigenvalue weighted by Gasteiger charge is 2.36. The van der Waals surface area contributed by atoms with Crippen molar-refractivity contribution in [1.29, 1.82) is 0 Å². The van der Waals surface area contributed by atoms with Crippen molar-refractivity contribution in [2.75, 3.05) is 13.6 Å². The van der Waals surface area contributed by atoms with E-state index >= 15 is 0 Å². The van der Waals surface area contributed by atoms with Gasteiger partial charge in [0.1, 0.15) is 5.78 Å². The minimum atomic E-state index is 0.205. The van der Waals surface area contributed by atoms with Crippen LogP contribution in [0.25, 0.3) is 0 Å². The zero-order valence-corrected chi connectivity index (χ0v) is 7.95. The molecule has 3 heteroatoms. The Balaban J connectivity index is 2.06. The highest BCUT2D eigenvalue weighted by Crippen LogP contribution is 2.34. The van der Waals surface area contributed by atoms with Crippen LogP contribution in [0.4, 0.5) is 0 Å². The monoisotopic (exact) mass is 181 g/mol. The first-order chi connectivity index (χ1) is 6.16. The molecular formula is C10H15NO2. The van der Waals surface area contributed by atoms with E-state index in [1.807, 2.05) is 7.05 Å². The molecule has 3 nitrogen and oxygen atoms in total. The zero-order valence-electron chi connectivity index (χ0n) is 7.95. The second-order valence-electron chi connectivity index (χ2n) is 4.28. The minimum absolute atomic E-state index is 0.205. The smallest absolute Gasteiger partial charge is 0.222 e. The molecule has 13 heavy (non-hydrogen) atoms. The van der Waals surface area contributed by atoms with Crippen molar-refractivity contribution in [3.63, 3.8) is 0 Å². The number of nitrogens with zero attached hydrogens (tertiary/aromatic N) is 1. The van der Waals surface area contributed by atoms with Crippen molar-refractivity contribution in [2.45, 2.75) is 25.7 Å². The van der Waals surface area contributed by atoms with Gasteiger partial charge in [0.15, 0.2) is 0 Å². The second-order valence-corrected chi connectivity index (χ2v) is 4.28. The Morgan fingerprint density at radius 3 is 2.77 bits per heavy atom. The third-order valence-corrected chi connectivity index (χ3v) is 3.32. The molecule has 0 spiro atoms. The van der Waals surface area contributed by atoms with Gasteiger partial charge in [0.2, 0.25) is 5.91 Å². The van der Waals surface area contributed by atoms with Gasteiger partial charge < -0.3 is 4.90 Å². The molecule has 1 saturated carbocycles. The largest absolute Gasteiger partial charge is 0.345 e. The van der Waals surface area contributed by atoms with Crippen molar-refractivity contribution in [1.82, 2.24) is 4.90 Å². The topological polar surface area (TPSA) is 37.4 Å². The van der Waals surface area contributed by atoms with Crippen molar-refractivity contribution in [3.8, 4) is 0 Å². The average molecular weight is 181 g/mol. The molecule has 1 amide bonds. The molecule has 0 aromatic carbocycles. The van der Waals surface area contributed by atoms with Crippen LogP contribution in [0.1, 0.15) is 25.7 Å². The summed E-state index contributed by atoms with van der Waals surface area (Å²) in [6, 6.07) is 0. The van der Waals surface area contributed by atoms with Crippen molar-refractivity contribution in [2.24, 2.45) is 11.8 Å². The zero-order chi connectivity index (χ0) is 9.42. The Labute approximate surface area is 78.1 Å². The first-order valence-electron chi connectivity index (χ1n) is 4.92. The molecule has 0 aromatic rings. The fourth-order valence-electron chi connectivity index (χ4n) is 2.46. The van der Waals surface area contributed by atoms with Crippen LogP contribution in [0.5, 0.6) is 0 Å². The molecule has 0 bridgehead atoms. The summed E-state index contributed by atoms with van der Waals surface area (Å²) >= 11 is 0. The van der Waals surface area contributed by atoms with Crippen LogP contribution >= 0.6 is 0 Å². The first kappa shape index (κ1) is 8.73. The highest BCUT2D eigenvalue weighted by molar-refractivity contribution is 5.82. The first-order valence-corrected chi connectivity index (χ1v) is 4.92. The van der Waals surface area contributed by atoms with Gasteiger partial charge in [0.25, 0.3) is 0 Å². The van der Waals surface area contributed by atoms with Crippen molar-refractivity contribution >= 4 is 11.7 Å². The number of hydrogen-bond acceptors (Lipinski definition) is 2. The summed E-state index contributed by atoms with van der Waals surface area (Å²) in [6.45, 7) is 0.858. The fraction of sp³-hybridized carbons (Fsp3) is 0.800. The maximum Gasteiger partial charge on any atom is 0.222 e. The number of amides is 1. The molecule has 1 heterocycles. The molecule has 1 saturated heterocycles. The average Bonchev–Trinajstić information content (AvgIpc) is 2.08. The number of carbonyl (C=O) groups is 2. The van der Waals surface area contributed by atoms with Crippen LogP contribution in [0.15, 0.2) is 0 Å². The fourth-order valence-corrected chi connectivity index (χ4v) is 2.46. The molecule has 72 valence electrons. The normalized spacial score (nSPS) is 34.7. The number of Topliss-reactive ketones (excluding diaryl/α,β-unsaturated/α-hetero) is 1.